The number of esters is 1. The third kappa shape index (κ3) is 3.69. The number of furan rings is 1. The SMILES string of the molecule is COC(=O)c1ccc(C(=O)CC2CCCCCC2)o1. The van der Waals surface area contributed by atoms with Crippen molar-refractivity contribution in [3.05, 3.63) is 23.7 Å². The second-order valence-corrected chi connectivity index (χ2v) is 5.14. The number of Topliss-reactive ketones (excluding diaryl/α,β-unsaturated/α-hetero) is 1. The molecule has 0 unspecified atom stereocenters. The van der Waals surface area contributed by atoms with Crippen LogP contribution in [0.5, 0.6) is 0 Å². The summed E-state index contributed by atoms with van der Waals surface area (Å²) in [5, 5.41) is 0. The lowest BCUT2D eigenvalue weighted by Crippen LogP contribution is -2.08. The molecule has 0 amide bonds. The monoisotopic (exact) mass is 264 g/mol. The van der Waals surface area contributed by atoms with E-state index in [0.717, 1.165) is 12.8 Å². The maximum Gasteiger partial charge on any atom is 0.373 e. The van der Waals surface area contributed by atoms with Crippen molar-refractivity contribution in [1.82, 2.24) is 0 Å². The lowest BCUT2D eigenvalue weighted by molar-refractivity contribution is 0.0563. The van der Waals surface area contributed by atoms with Crippen LogP contribution in [-0.4, -0.2) is 18.9 Å². The highest BCUT2D eigenvalue weighted by atomic mass is 16.5. The highest BCUT2D eigenvalue weighted by molar-refractivity contribution is 5.95. The molecule has 4 heteroatoms. The number of carbonyl (C=O) groups is 2. The Morgan fingerprint density at radius 2 is 1.79 bits per heavy atom. The van der Waals surface area contributed by atoms with Gasteiger partial charge in [0.1, 0.15) is 0 Å². The lowest BCUT2D eigenvalue weighted by atomic mass is 9.94. The summed E-state index contributed by atoms with van der Waals surface area (Å²) in [6, 6.07) is 3.05. The third-order valence-electron chi connectivity index (χ3n) is 3.72. The predicted molar refractivity (Wildman–Crippen MR) is 70.2 cm³/mol. The minimum Gasteiger partial charge on any atom is -0.463 e. The molecule has 19 heavy (non-hydrogen) atoms. The van der Waals surface area contributed by atoms with Gasteiger partial charge in [-0.25, -0.2) is 4.79 Å². The molecule has 1 saturated carbocycles. The number of methoxy groups -OCH3 is 1. The summed E-state index contributed by atoms with van der Waals surface area (Å²) >= 11 is 0. The minimum absolute atomic E-state index is 0.0120. The Labute approximate surface area is 113 Å². The second kappa shape index (κ2) is 6.55. The van der Waals surface area contributed by atoms with Crippen molar-refractivity contribution in [3.63, 3.8) is 0 Å². The Morgan fingerprint density at radius 1 is 1.16 bits per heavy atom. The Kier molecular flexibility index (Phi) is 4.77. The van der Waals surface area contributed by atoms with Gasteiger partial charge in [-0.15, -0.1) is 0 Å². The van der Waals surface area contributed by atoms with Crippen molar-refractivity contribution in [1.29, 1.82) is 0 Å². The molecule has 1 aliphatic rings. The molecular weight excluding hydrogens is 244 g/mol. The van der Waals surface area contributed by atoms with Crippen LogP contribution in [0, 0.1) is 5.92 Å². The smallest absolute Gasteiger partial charge is 0.373 e. The van der Waals surface area contributed by atoms with Crippen LogP contribution in [0.1, 0.15) is 66.1 Å². The minimum atomic E-state index is -0.548. The third-order valence-corrected chi connectivity index (χ3v) is 3.72. The fourth-order valence-corrected chi connectivity index (χ4v) is 2.63. The average Bonchev–Trinajstić information content (AvgIpc) is 2.78. The summed E-state index contributed by atoms with van der Waals surface area (Å²) in [5.41, 5.74) is 0. The maximum atomic E-state index is 12.1. The van der Waals surface area contributed by atoms with Gasteiger partial charge in [0, 0.05) is 6.42 Å². The number of hydrogen-bond acceptors (Lipinski definition) is 4. The van der Waals surface area contributed by atoms with Crippen molar-refractivity contribution in [2.75, 3.05) is 7.11 Å². The fourth-order valence-electron chi connectivity index (χ4n) is 2.63. The molecule has 0 spiro atoms. The van der Waals surface area contributed by atoms with Crippen molar-refractivity contribution < 1.29 is 18.7 Å². The normalized spacial score (nSPS) is 16.9. The first-order chi connectivity index (χ1) is 9.20. The van der Waals surface area contributed by atoms with Gasteiger partial charge in [-0.2, -0.15) is 0 Å². The summed E-state index contributed by atoms with van der Waals surface area (Å²) < 4.78 is 9.80. The molecule has 4 nitrogen and oxygen atoms in total. The summed E-state index contributed by atoms with van der Waals surface area (Å²) in [7, 11) is 1.29. The van der Waals surface area contributed by atoms with Crippen molar-refractivity contribution in [2.45, 2.75) is 44.9 Å². The highest BCUT2D eigenvalue weighted by Crippen LogP contribution is 2.27. The van der Waals surface area contributed by atoms with Gasteiger partial charge in [0.2, 0.25) is 5.76 Å². The van der Waals surface area contributed by atoms with E-state index in [1.165, 1.54) is 38.9 Å². The van der Waals surface area contributed by atoms with E-state index in [2.05, 4.69) is 4.74 Å². The molecule has 0 bridgehead atoms. The van der Waals surface area contributed by atoms with E-state index in [1.54, 1.807) is 6.07 Å². The standard InChI is InChI=1S/C15H20O4/c1-18-15(17)14-9-8-13(19-14)12(16)10-11-6-4-2-3-5-7-11/h8-9,11H,2-7,10H2,1H3. The van der Waals surface area contributed by atoms with E-state index in [9.17, 15) is 9.59 Å². The molecule has 1 fully saturated rings. The van der Waals surface area contributed by atoms with Gasteiger partial charge in [0.05, 0.1) is 7.11 Å². The molecule has 1 aromatic heterocycles. The Morgan fingerprint density at radius 3 is 2.42 bits per heavy atom. The van der Waals surface area contributed by atoms with Gasteiger partial charge in [0.25, 0.3) is 0 Å². The van der Waals surface area contributed by atoms with Crippen LogP contribution < -0.4 is 0 Å². The van der Waals surface area contributed by atoms with Crippen LogP contribution in [0.2, 0.25) is 0 Å². The summed E-state index contributed by atoms with van der Waals surface area (Å²) in [6.07, 6.45) is 7.74. The van der Waals surface area contributed by atoms with Gasteiger partial charge >= 0.3 is 5.97 Å². The van der Waals surface area contributed by atoms with Gasteiger partial charge < -0.3 is 9.15 Å². The number of hydrogen-bond donors (Lipinski definition) is 0. The Balaban J connectivity index is 1.95. The fraction of sp³-hybridized carbons (Fsp3) is 0.600. The van der Waals surface area contributed by atoms with Gasteiger partial charge in [0.15, 0.2) is 11.5 Å². The number of ether oxygens (including phenoxy) is 1. The topological polar surface area (TPSA) is 56.5 Å². The molecule has 1 aliphatic carbocycles. The van der Waals surface area contributed by atoms with Gasteiger partial charge in [-0.05, 0) is 18.1 Å². The van der Waals surface area contributed by atoms with Crippen LogP contribution in [-0.2, 0) is 4.74 Å². The Hall–Kier alpha value is -1.58. The largest absolute Gasteiger partial charge is 0.463 e. The zero-order valence-electron chi connectivity index (χ0n) is 11.3. The van der Waals surface area contributed by atoms with Crippen LogP contribution in [0.15, 0.2) is 16.5 Å². The molecule has 1 heterocycles. The van der Waals surface area contributed by atoms with Crippen molar-refractivity contribution >= 4 is 11.8 Å². The highest BCUT2D eigenvalue weighted by Gasteiger charge is 2.20. The zero-order chi connectivity index (χ0) is 13.7. The molecule has 104 valence electrons. The quantitative estimate of drug-likeness (QED) is 0.473. The predicted octanol–water partition coefficient (Wildman–Crippen LogP) is 3.61. The molecule has 0 aromatic carbocycles. The van der Waals surface area contributed by atoms with Crippen LogP contribution in [0.3, 0.4) is 0 Å². The molecule has 0 N–H and O–H groups in total. The van der Waals surface area contributed by atoms with E-state index in [1.807, 2.05) is 0 Å². The van der Waals surface area contributed by atoms with E-state index in [-0.39, 0.29) is 17.3 Å². The first-order valence-corrected chi connectivity index (χ1v) is 6.92. The van der Waals surface area contributed by atoms with Crippen LogP contribution in [0.25, 0.3) is 0 Å². The van der Waals surface area contributed by atoms with Crippen LogP contribution in [0.4, 0.5) is 0 Å². The first-order valence-electron chi connectivity index (χ1n) is 6.92. The molecule has 2 rings (SSSR count). The van der Waals surface area contributed by atoms with E-state index in [0.29, 0.717) is 12.3 Å². The van der Waals surface area contributed by atoms with Crippen molar-refractivity contribution in [2.24, 2.45) is 5.92 Å². The Bertz CT molecular complexity index is 439. The average molecular weight is 264 g/mol. The lowest BCUT2D eigenvalue weighted by Gasteiger charge is -2.11. The summed E-state index contributed by atoms with van der Waals surface area (Å²) in [5.74, 6) is 0.258. The molecule has 0 aliphatic heterocycles. The second-order valence-electron chi connectivity index (χ2n) is 5.14. The number of rotatable bonds is 4. The zero-order valence-corrected chi connectivity index (χ0v) is 11.3. The molecule has 0 saturated heterocycles. The summed E-state index contributed by atoms with van der Waals surface area (Å²) in [4.78, 5) is 23.4. The molecule has 1 aromatic rings. The van der Waals surface area contributed by atoms with Gasteiger partial charge in [-0.1, -0.05) is 38.5 Å². The van der Waals surface area contributed by atoms with Crippen LogP contribution >= 0.6 is 0 Å². The molecule has 0 radical (unpaired) electrons. The van der Waals surface area contributed by atoms with Crippen molar-refractivity contribution in [3.8, 4) is 0 Å². The maximum absolute atomic E-state index is 12.1. The van der Waals surface area contributed by atoms with E-state index >= 15 is 0 Å². The number of carbonyl (C=O) groups excluding carboxylic acids is 2. The first kappa shape index (κ1) is 13.8. The summed E-state index contributed by atoms with van der Waals surface area (Å²) in [6.45, 7) is 0. The molecule has 0 atom stereocenters. The number of ketones is 1. The van der Waals surface area contributed by atoms with E-state index in [4.69, 9.17) is 4.42 Å². The van der Waals surface area contributed by atoms with Gasteiger partial charge in [-0.3, -0.25) is 4.79 Å². The molecular formula is C15H20O4. The van der Waals surface area contributed by atoms with E-state index < -0.39 is 5.97 Å².